The molecule has 8 nitrogen and oxygen atoms in total. The standard InChI is InChI=1S/C23H27N3O5/c1-15(2)29-23-19(25-26-24)21(27-13-16-9-5-3-6-10-16)20-18(30-23)14-28-22(31-20)17-11-7-4-8-12-17/h3-12,15,18-23H,13-14H2,1-2H3/t18-,19-,20-,21-,22?,23-/m1/s1. The number of rotatable bonds is 7. The molecule has 2 aliphatic heterocycles. The Kier molecular flexibility index (Phi) is 7.19. The van der Waals surface area contributed by atoms with Crippen molar-refractivity contribution in [1.82, 2.24) is 0 Å². The van der Waals surface area contributed by atoms with Crippen molar-refractivity contribution in [3.63, 3.8) is 0 Å². The van der Waals surface area contributed by atoms with Crippen molar-refractivity contribution in [2.45, 2.75) is 63.5 Å². The topological polar surface area (TPSA) is 94.9 Å². The first-order chi connectivity index (χ1) is 15.2. The number of benzene rings is 2. The van der Waals surface area contributed by atoms with Gasteiger partial charge in [-0.25, -0.2) is 0 Å². The van der Waals surface area contributed by atoms with Gasteiger partial charge in [0.2, 0.25) is 0 Å². The molecule has 6 atom stereocenters. The molecule has 2 aromatic carbocycles. The van der Waals surface area contributed by atoms with Gasteiger partial charge in [0.15, 0.2) is 12.6 Å². The Labute approximate surface area is 181 Å². The fourth-order valence-corrected chi connectivity index (χ4v) is 3.86. The van der Waals surface area contributed by atoms with Crippen LogP contribution in [0.2, 0.25) is 0 Å². The molecule has 4 rings (SSSR count). The van der Waals surface area contributed by atoms with E-state index in [4.69, 9.17) is 23.7 Å². The number of nitrogens with zero attached hydrogens (tertiary/aromatic N) is 3. The molecule has 0 aromatic heterocycles. The second-order valence-electron chi connectivity index (χ2n) is 7.86. The first-order valence-corrected chi connectivity index (χ1v) is 10.5. The van der Waals surface area contributed by atoms with E-state index >= 15 is 0 Å². The SMILES string of the molecule is CC(C)O[C@@H]1O[C@@H]2COC(c3ccccc3)O[C@H]2[C@H](OCc2ccccc2)[C@H]1N=[N+]=[N-]. The molecule has 0 amide bonds. The molecular weight excluding hydrogens is 398 g/mol. The van der Waals surface area contributed by atoms with Crippen molar-refractivity contribution in [3.05, 3.63) is 82.2 Å². The highest BCUT2D eigenvalue weighted by Gasteiger charge is 2.51. The van der Waals surface area contributed by atoms with E-state index in [0.717, 1.165) is 11.1 Å². The molecule has 2 saturated heterocycles. The highest BCUT2D eigenvalue weighted by molar-refractivity contribution is 5.17. The predicted octanol–water partition coefficient (Wildman–Crippen LogP) is 4.51. The third-order valence-corrected chi connectivity index (χ3v) is 5.26. The lowest BCUT2D eigenvalue weighted by molar-refractivity contribution is -0.350. The monoisotopic (exact) mass is 425 g/mol. The molecule has 0 N–H and O–H groups in total. The van der Waals surface area contributed by atoms with Crippen LogP contribution in [-0.4, -0.2) is 43.4 Å². The number of hydrogen-bond donors (Lipinski definition) is 0. The lowest BCUT2D eigenvalue weighted by Crippen LogP contribution is -2.62. The molecule has 2 heterocycles. The summed E-state index contributed by atoms with van der Waals surface area (Å²) in [5.74, 6) is 0. The van der Waals surface area contributed by atoms with Crippen LogP contribution >= 0.6 is 0 Å². The summed E-state index contributed by atoms with van der Waals surface area (Å²) >= 11 is 0. The molecule has 0 radical (unpaired) electrons. The summed E-state index contributed by atoms with van der Waals surface area (Å²) < 4.78 is 30.6. The predicted molar refractivity (Wildman–Crippen MR) is 113 cm³/mol. The van der Waals surface area contributed by atoms with E-state index in [1.165, 1.54) is 0 Å². The average molecular weight is 425 g/mol. The van der Waals surface area contributed by atoms with Crippen molar-refractivity contribution < 1.29 is 23.7 Å². The minimum atomic E-state index is -0.751. The maximum atomic E-state index is 9.23. The molecule has 0 saturated carbocycles. The van der Waals surface area contributed by atoms with Crippen LogP contribution in [0.15, 0.2) is 65.8 Å². The number of fused-ring (bicyclic) bond motifs is 1. The van der Waals surface area contributed by atoms with Crippen molar-refractivity contribution in [3.8, 4) is 0 Å². The molecule has 0 bridgehead atoms. The highest BCUT2D eigenvalue weighted by Crippen LogP contribution is 2.37. The number of hydrogen-bond acceptors (Lipinski definition) is 6. The van der Waals surface area contributed by atoms with E-state index in [2.05, 4.69) is 10.0 Å². The summed E-state index contributed by atoms with van der Waals surface area (Å²) in [6, 6.07) is 18.8. The van der Waals surface area contributed by atoms with Crippen LogP contribution < -0.4 is 0 Å². The zero-order valence-corrected chi connectivity index (χ0v) is 17.6. The van der Waals surface area contributed by atoms with Gasteiger partial charge in [0, 0.05) is 10.5 Å². The lowest BCUT2D eigenvalue weighted by atomic mass is 9.95. The first kappa shape index (κ1) is 21.8. The van der Waals surface area contributed by atoms with Gasteiger partial charge < -0.3 is 23.7 Å². The van der Waals surface area contributed by atoms with Gasteiger partial charge in [0.05, 0.1) is 19.3 Å². The fourth-order valence-electron chi connectivity index (χ4n) is 3.86. The lowest BCUT2D eigenvalue weighted by Gasteiger charge is -2.48. The van der Waals surface area contributed by atoms with Crippen LogP contribution in [0.25, 0.3) is 10.4 Å². The van der Waals surface area contributed by atoms with Crippen molar-refractivity contribution in [2.24, 2.45) is 5.11 Å². The Morgan fingerprint density at radius 1 is 1.06 bits per heavy atom. The maximum absolute atomic E-state index is 9.23. The highest BCUT2D eigenvalue weighted by atomic mass is 16.8. The van der Waals surface area contributed by atoms with Gasteiger partial charge in [-0.15, -0.1) is 0 Å². The summed E-state index contributed by atoms with van der Waals surface area (Å²) in [4.78, 5) is 3.04. The minimum absolute atomic E-state index is 0.116. The van der Waals surface area contributed by atoms with Gasteiger partial charge in [0.25, 0.3) is 0 Å². The summed E-state index contributed by atoms with van der Waals surface area (Å²) in [5.41, 5.74) is 11.1. The van der Waals surface area contributed by atoms with Crippen LogP contribution in [0.1, 0.15) is 31.3 Å². The Balaban J connectivity index is 1.60. The molecule has 8 heteroatoms. The molecule has 2 fully saturated rings. The average Bonchev–Trinajstić information content (AvgIpc) is 2.79. The molecule has 0 spiro atoms. The quantitative estimate of drug-likeness (QED) is 0.369. The Hall–Kier alpha value is -2.45. The third kappa shape index (κ3) is 5.25. The van der Waals surface area contributed by atoms with Crippen molar-refractivity contribution in [1.29, 1.82) is 0 Å². The molecule has 0 aliphatic carbocycles. The molecular formula is C23H27N3O5. The van der Waals surface area contributed by atoms with E-state index < -0.39 is 36.9 Å². The number of azide groups is 1. The smallest absolute Gasteiger partial charge is 0.184 e. The zero-order valence-electron chi connectivity index (χ0n) is 17.6. The Morgan fingerprint density at radius 3 is 2.45 bits per heavy atom. The molecule has 2 aliphatic rings. The summed E-state index contributed by atoms with van der Waals surface area (Å²) in [6.07, 6.45) is -2.87. The summed E-state index contributed by atoms with van der Waals surface area (Å²) in [5, 5.41) is 3.99. The second kappa shape index (κ2) is 10.2. The normalized spacial score (nSPS) is 30.4. The van der Waals surface area contributed by atoms with Crippen LogP contribution in [0.4, 0.5) is 0 Å². The molecule has 1 unspecified atom stereocenters. The summed E-state index contributed by atoms with van der Waals surface area (Å²) in [6.45, 7) is 4.47. The molecule has 2 aromatic rings. The summed E-state index contributed by atoms with van der Waals surface area (Å²) in [7, 11) is 0. The van der Waals surface area contributed by atoms with Crippen molar-refractivity contribution >= 4 is 0 Å². The Morgan fingerprint density at radius 2 is 1.77 bits per heavy atom. The van der Waals surface area contributed by atoms with E-state index in [-0.39, 0.29) is 6.10 Å². The molecule has 164 valence electrons. The van der Waals surface area contributed by atoms with Gasteiger partial charge in [0.1, 0.15) is 24.4 Å². The van der Waals surface area contributed by atoms with Crippen molar-refractivity contribution in [2.75, 3.05) is 6.61 Å². The zero-order chi connectivity index (χ0) is 21.6. The van der Waals surface area contributed by atoms with Gasteiger partial charge in [-0.1, -0.05) is 65.8 Å². The van der Waals surface area contributed by atoms with E-state index in [9.17, 15) is 5.53 Å². The van der Waals surface area contributed by atoms with Gasteiger partial charge >= 0.3 is 0 Å². The van der Waals surface area contributed by atoms with E-state index in [1.807, 2.05) is 74.5 Å². The van der Waals surface area contributed by atoms with Crippen LogP contribution in [-0.2, 0) is 30.3 Å². The van der Waals surface area contributed by atoms with E-state index in [1.54, 1.807) is 0 Å². The maximum Gasteiger partial charge on any atom is 0.184 e. The van der Waals surface area contributed by atoms with Crippen LogP contribution in [0, 0.1) is 0 Å². The number of ether oxygens (including phenoxy) is 5. The van der Waals surface area contributed by atoms with Gasteiger partial charge in [-0.05, 0) is 24.9 Å². The fraction of sp³-hybridized carbons (Fsp3) is 0.478. The third-order valence-electron chi connectivity index (χ3n) is 5.26. The van der Waals surface area contributed by atoms with Crippen LogP contribution in [0.5, 0.6) is 0 Å². The van der Waals surface area contributed by atoms with E-state index in [0.29, 0.717) is 13.2 Å². The largest absolute Gasteiger partial charge is 0.370 e. The minimum Gasteiger partial charge on any atom is -0.370 e. The Bertz CT molecular complexity index is 875. The second-order valence-corrected chi connectivity index (χ2v) is 7.86. The van der Waals surface area contributed by atoms with Crippen LogP contribution in [0.3, 0.4) is 0 Å². The molecule has 31 heavy (non-hydrogen) atoms. The van der Waals surface area contributed by atoms with Gasteiger partial charge in [-0.3, -0.25) is 0 Å². The van der Waals surface area contributed by atoms with Gasteiger partial charge in [-0.2, -0.15) is 0 Å². The first-order valence-electron chi connectivity index (χ1n) is 10.5.